The van der Waals surface area contributed by atoms with Crippen molar-refractivity contribution in [3.05, 3.63) is 88.4 Å². The lowest BCUT2D eigenvalue weighted by atomic mass is 10.00. The molecule has 3 heterocycles. The van der Waals surface area contributed by atoms with E-state index in [2.05, 4.69) is 20.0 Å². The van der Waals surface area contributed by atoms with Gasteiger partial charge < -0.3 is 24.3 Å². The summed E-state index contributed by atoms with van der Waals surface area (Å²) < 4.78 is 21.4. The molecule has 1 atom stereocenters. The van der Waals surface area contributed by atoms with E-state index in [0.717, 1.165) is 46.5 Å². The second-order valence-electron chi connectivity index (χ2n) is 12.4. The number of aromatic nitrogens is 4. The number of nitrogens with one attached hydrogen (secondary N) is 2. The zero-order valence-electron chi connectivity index (χ0n) is 27.7. The summed E-state index contributed by atoms with van der Waals surface area (Å²) in [5, 5.41) is 12.9. The summed E-state index contributed by atoms with van der Waals surface area (Å²) >= 11 is 1.23. The third kappa shape index (κ3) is 8.12. The number of benzene rings is 2. The van der Waals surface area contributed by atoms with Crippen molar-refractivity contribution in [2.24, 2.45) is 0 Å². The quantitative estimate of drug-likeness (QED) is 0.0966. The van der Waals surface area contributed by atoms with Gasteiger partial charge in [-0.25, -0.2) is 19.7 Å². The van der Waals surface area contributed by atoms with Crippen LogP contribution in [0.2, 0.25) is 0 Å². The Morgan fingerprint density at radius 3 is 2.54 bits per heavy atom. The van der Waals surface area contributed by atoms with Crippen LogP contribution in [0.25, 0.3) is 22.5 Å². The fourth-order valence-corrected chi connectivity index (χ4v) is 6.20. The molecular weight excluding hydrogens is 629 g/mol. The number of aryl methyl sites for hydroxylation is 3. The Hall–Kier alpha value is -4.52. The number of hydrogen-bond acceptors (Lipinski definition) is 11. The second kappa shape index (κ2) is 14.7. The average Bonchev–Trinajstić information content (AvgIpc) is 3.84. The Bertz CT molecular complexity index is 1900. The number of aromatic carboxylic acids is 1. The number of hydrogen-bond donors (Lipinski definition) is 3. The Kier molecular flexibility index (Phi) is 10.2. The van der Waals surface area contributed by atoms with Gasteiger partial charge in [-0.1, -0.05) is 24.3 Å². The van der Waals surface area contributed by atoms with Crippen LogP contribution in [0.1, 0.15) is 71.1 Å². The van der Waals surface area contributed by atoms with Crippen LogP contribution in [0.3, 0.4) is 0 Å². The third-order valence-electron chi connectivity index (χ3n) is 8.07. The minimum atomic E-state index is -0.988. The minimum Gasteiger partial charge on any atom is -0.478 e. The molecule has 5 aromatic rings. The molecule has 250 valence electrons. The van der Waals surface area contributed by atoms with Gasteiger partial charge in [0.25, 0.3) is 0 Å². The lowest BCUT2D eigenvalue weighted by molar-refractivity contribution is 0.0491. The van der Waals surface area contributed by atoms with Crippen molar-refractivity contribution < 1.29 is 23.8 Å². The normalized spacial score (nSPS) is 13.6. The van der Waals surface area contributed by atoms with Crippen molar-refractivity contribution in [3.63, 3.8) is 0 Å². The number of nitrogens with zero attached hydrogens (tertiary/aromatic N) is 4. The van der Waals surface area contributed by atoms with E-state index in [1.807, 2.05) is 65.0 Å². The second-order valence-corrected chi connectivity index (χ2v) is 13.2. The van der Waals surface area contributed by atoms with Crippen LogP contribution in [0.4, 0.5) is 5.95 Å². The molecule has 0 radical (unpaired) electrons. The van der Waals surface area contributed by atoms with Crippen LogP contribution in [0.15, 0.2) is 64.0 Å². The highest BCUT2D eigenvalue weighted by molar-refractivity contribution is 8.00. The molecule has 0 amide bonds. The first kappa shape index (κ1) is 33.4. The van der Waals surface area contributed by atoms with Crippen LogP contribution in [0, 0.1) is 20.8 Å². The van der Waals surface area contributed by atoms with Crippen LogP contribution in [-0.2, 0) is 11.3 Å². The van der Waals surface area contributed by atoms with Crippen LogP contribution in [0.5, 0.6) is 5.88 Å². The molecular formula is C36H40N6O5S. The van der Waals surface area contributed by atoms with Gasteiger partial charge in [-0.2, -0.15) is 4.98 Å². The van der Waals surface area contributed by atoms with Gasteiger partial charge >= 0.3 is 5.97 Å². The molecule has 48 heavy (non-hydrogen) atoms. The van der Waals surface area contributed by atoms with Crippen molar-refractivity contribution in [2.75, 3.05) is 17.9 Å². The van der Waals surface area contributed by atoms with Crippen molar-refractivity contribution in [1.29, 1.82) is 0 Å². The van der Waals surface area contributed by atoms with E-state index in [1.54, 1.807) is 24.4 Å². The number of rotatable bonds is 15. The van der Waals surface area contributed by atoms with Crippen LogP contribution in [-0.4, -0.2) is 56.4 Å². The lowest BCUT2D eigenvalue weighted by Gasteiger charge is -2.21. The Labute approximate surface area is 284 Å². The van der Waals surface area contributed by atoms with Crippen LogP contribution < -0.4 is 14.8 Å². The van der Waals surface area contributed by atoms with Gasteiger partial charge in [0.05, 0.1) is 41.9 Å². The molecule has 3 aromatic heterocycles. The molecule has 2 aromatic carbocycles. The summed E-state index contributed by atoms with van der Waals surface area (Å²) in [5.74, 6) is 1.16. The van der Waals surface area contributed by atoms with Crippen molar-refractivity contribution in [1.82, 2.24) is 25.3 Å². The standard InChI is InChI=1S/C36H40N6O5S/c1-20(2)45-18-27(37-16-26-17-38-34-33(39-26)32(23(5)47-34)24-12-13-24)19-46-30-15-29(31-21(3)8-6-9-22(31)4)40-36(41-30)42-48-28-11-7-10-25(14-28)35(43)44/h6-11,14-15,17,20,24,27,37H,12-13,16,18-19H2,1-5H3,(H,43,44)(H,40,41,42). The molecule has 1 saturated carbocycles. The minimum absolute atomic E-state index is 0.0441. The topological polar surface area (TPSA) is 145 Å². The highest BCUT2D eigenvalue weighted by Gasteiger charge is 2.31. The number of ether oxygens (including phenoxy) is 2. The Morgan fingerprint density at radius 1 is 1.04 bits per heavy atom. The van der Waals surface area contributed by atoms with Gasteiger partial charge in [0, 0.05) is 28.6 Å². The molecule has 6 rings (SSSR count). The van der Waals surface area contributed by atoms with E-state index in [-0.39, 0.29) is 24.3 Å². The van der Waals surface area contributed by atoms with Crippen molar-refractivity contribution >= 4 is 35.1 Å². The van der Waals surface area contributed by atoms with Crippen LogP contribution >= 0.6 is 11.9 Å². The third-order valence-corrected chi connectivity index (χ3v) is 8.85. The number of furan rings is 1. The molecule has 3 N–H and O–H groups in total. The molecule has 11 nitrogen and oxygen atoms in total. The number of anilines is 1. The Morgan fingerprint density at radius 2 is 1.81 bits per heavy atom. The van der Waals surface area contributed by atoms with E-state index >= 15 is 0 Å². The molecule has 0 saturated heterocycles. The molecule has 1 fully saturated rings. The zero-order valence-corrected chi connectivity index (χ0v) is 28.6. The predicted molar refractivity (Wildman–Crippen MR) is 186 cm³/mol. The monoisotopic (exact) mass is 668 g/mol. The fourth-order valence-electron chi connectivity index (χ4n) is 5.57. The molecule has 0 bridgehead atoms. The molecule has 0 spiro atoms. The number of carboxylic acids is 1. The molecule has 0 aliphatic heterocycles. The summed E-state index contributed by atoms with van der Waals surface area (Å²) in [4.78, 5) is 31.1. The largest absolute Gasteiger partial charge is 0.478 e. The first-order valence-electron chi connectivity index (χ1n) is 16.1. The smallest absolute Gasteiger partial charge is 0.335 e. The van der Waals surface area contributed by atoms with Gasteiger partial charge in [0.15, 0.2) is 0 Å². The maximum atomic E-state index is 11.5. The maximum Gasteiger partial charge on any atom is 0.335 e. The Balaban J connectivity index is 1.21. The first-order valence-corrected chi connectivity index (χ1v) is 16.9. The van der Waals surface area contributed by atoms with E-state index < -0.39 is 5.97 Å². The van der Waals surface area contributed by atoms with Gasteiger partial charge in [-0.05, 0) is 94.7 Å². The molecule has 1 aliphatic carbocycles. The van der Waals surface area contributed by atoms with Crippen molar-refractivity contribution in [3.8, 4) is 17.1 Å². The van der Waals surface area contributed by atoms with Gasteiger partial charge in [-0.3, -0.25) is 4.72 Å². The first-order chi connectivity index (χ1) is 23.1. The number of carbonyl (C=O) groups is 1. The summed E-state index contributed by atoms with van der Waals surface area (Å²) in [6.45, 7) is 11.3. The average molecular weight is 669 g/mol. The number of fused-ring (bicyclic) bond motifs is 1. The summed E-state index contributed by atoms with van der Waals surface area (Å²) in [6, 6.07) is 14.5. The highest BCUT2D eigenvalue weighted by Crippen LogP contribution is 2.45. The lowest BCUT2D eigenvalue weighted by Crippen LogP contribution is -2.39. The molecule has 1 aliphatic rings. The molecule has 12 heteroatoms. The van der Waals surface area contributed by atoms with E-state index in [9.17, 15) is 9.90 Å². The number of carboxylic acid groups (broad SMARTS) is 1. The highest BCUT2D eigenvalue weighted by atomic mass is 32.2. The van der Waals surface area contributed by atoms with Gasteiger partial charge in [-0.15, -0.1) is 0 Å². The summed E-state index contributed by atoms with van der Waals surface area (Å²) in [5.41, 5.74) is 7.50. The molecule has 1 unspecified atom stereocenters. The summed E-state index contributed by atoms with van der Waals surface area (Å²) in [6.07, 6.45) is 4.11. The summed E-state index contributed by atoms with van der Waals surface area (Å²) in [7, 11) is 0. The SMILES string of the molecule is Cc1cccc(C)c1-c1cc(OCC(COC(C)C)NCc2cnc3oc(C)c(C4CC4)c3n2)nc(NSc2cccc(C(=O)O)c2)n1. The van der Waals surface area contributed by atoms with E-state index in [4.69, 9.17) is 23.9 Å². The van der Waals surface area contributed by atoms with E-state index in [0.29, 0.717) is 47.2 Å². The maximum absolute atomic E-state index is 11.5. The van der Waals surface area contributed by atoms with Gasteiger partial charge in [0.2, 0.25) is 17.5 Å². The van der Waals surface area contributed by atoms with E-state index in [1.165, 1.54) is 17.5 Å². The fraction of sp³-hybridized carbons (Fsp3) is 0.361. The zero-order chi connectivity index (χ0) is 33.8. The van der Waals surface area contributed by atoms with Gasteiger partial charge in [0.1, 0.15) is 17.9 Å². The predicted octanol–water partition coefficient (Wildman–Crippen LogP) is 7.26. The van der Waals surface area contributed by atoms with Crippen molar-refractivity contribution in [2.45, 2.75) is 77.0 Å².